The van der Waals surface area contributed by atoms with Crippen molar-refractivity contribution >= 4 is 27.5 Å². The summed E-state index contributed by atoms with van der Waals surface area (Å²) in [4.78, 5) is 12.7. The van der Waals surface area contributed by atoms with Crippen molar-refractivity contribution in [2.24, 2.45) is 5.92 Å². The number of aryl methyl sites for hydroxylation is 1. The molecule has 1 N–H and O–H groups in total. The molecule has 2 aromatic carbocycles. The molecule has 1 heterocycles. The number of piperidine rings is 1. The Morgan fingerprint density at radius 1 is 1.17 bits per heavy atom. The third-order valence-electron chi connectivity index (χ3n) is 5.48. The van der Waals surface area contributed by atoms with E-state index < -0.39 is 10.0 Å². The topological polar surface area (TPSA) is 66.5 Å². The van der Waals surface area contributed by atoms with Crippen molar-refractivity contribution in [3.63, 3.8) is 0 Å². The number of benzene rings is 2. The fourth-order valence-corrected chi connectivity index (χ4v) is 5.61. The van der Waals surface area contributed by atoms with Crippen molar-refractivity contribution in [1.29, 1.82) is 0 Å². The Morgan fingerprint density at radius 2 is 1.90 bits per heavy atom. The fraction of sp³-hybridized carbons (Fsp3) is 0.435. The number of sulfonamides is 1. The zero-order valence-corrected chi connectivity index (χ0v) is 18.8. The summed E-state index contributed by atoms with van der Waals surface area (Å²) >= 11 is 5.98. The Labute approximate surface area is 184 Å². The second-order valence-corrected chi connectivity index (χ2v) is 10.4. The van der Waals surface area contributed by atoms with E-state index in [4.69, 9.17) is 11.6 Å². The zero-order chi connectivity index (χ0) is 21.6. The highest BCUT2D eigenvalue weighted by Gasteiger charge is 2.32. The molecule has 1 aliphatic rings. The lowest BCUT2D eigenvalue weighted by molar-refractivity contribution is -0.126. The molecule has 1 aliphatic heterocycles. The number of amides is 1. The van der Waals surface area contributed by atoms with Crippen molar-refractivity contribution in [2.75, 3.05) is 13.1 Å². The number of halogens is 1. The number of hydrogen-bond acceptors (Lipinski definition) is 3. The van der Waals surface area contributed by atoms with E-state index in [0.29, 0.717) is 30.0 Å². The summed E-state index contributed by atoms with van der Waals surface area (Å²) < 4.78 is 27.2. The van der Waals surface area contributed by atoms with Crippen molar-refractivity contribution in [3.05, 3.63) is 70.7 Å². The molecule has 162 valence electrons. The van der Waals surface area contributed by atoms with Crippen LogP contribution >= 0.6 is 11.6 Å². The molecule has 3 rings (SSSR count). The van der Waals surface area contributed by atoms with Gasteiger partial charge in [0.05, 0.1) is 11.7 Å². The van der Waals surface area contributed by atoms with Gasteiger partial charge in [0.1, 0.15) is 0 Å². The van der Waals surface area contributed by atoms with Crippen molar-refractivity contribution in [3.8, 4) is 0 Å². The molecule has 0 unspecified atom stereocenters. The van der Waals surface area contributed by atoms with Crippen molar-refractivity contribution in [1.82, 2.24) is 9.62 Å². The molecule has 1 amide bonds. The van der Waals surface area contributed by atoms with Gasteiger partial charge in [0.25, 0.3) is 0 Å². The van der Waals surface area contributed by atoms with E-state index in [2.05, 4.69) is 17.4 Å². The fourth-order valence-electron chi connectivity index (χ4n) is 3.80. The highest BCUT2D eigenvalue weighted by atomic mass is 35.5. The van der Waals surface area contributed by atoms with Crippen LogP contribution in [0.4, 0.5) is 0 Å². The summed E-state index contributed by atoms with van der Waals surface area (Å²) in [7, 11) is -3.50. The van der Waals surface area contributed by atoms with Crippen molar-refractivity contribution < 1.29 is 13.2 Å². The monoisotopic (exact) mass is 448 g/mol. The van der Waals surface area contributed by atoms with Crippen molar-refractivity contribution in [2.45, 2.75) is 44.4 Å². The maximum absolute atomic E-state index is 12.9. The van der Waals surface area contributed by atoms with Gasteiger partial charge in [-0.25, -0.2) is 12.7 Å². The summed E-state index contributed by atoms with van der Waals surface area (Å²) in [5.41, 5.74) is 1.90. The zero-order valence-electron chi connectivity index (χ0n) is 17.3. The number of nitrogens with zero attached hydrogens (tertiary/aromatic N) is 1. The molecule has 0 radical (unpaired) electrons. The molecule has 7 heteroatoms. The predicted octanol–water partition coefficient (Wildman–Crippen LogP) is 4.02. The summed E-state index contributed by atoms with van der Waals surface area (Å²) in [6, 6.07) is 17.1. The maximum atomic E-state index is 12.9. The average molecular weight is 449 g/mol. The molecule has 1 saturated heterocycles. The van der Waals surface area contributed by atoms with Gasteiger partial charge in [-0.15, -0.1) is 0 Å². The molecule has 1 fully saturated rings. The van der Waals surface area contributed by atoms with Crippen LogP contribution < -0.4 is 5.32 Å². The third-order valence-corrected chi connectivity index (χ3v) is 7.54. The van der Waals surface area contributed by atoms with Crippen LogP contribution in [-0.4, -0.2) is 37.8 Å². The normalized spacial score (nSPS) is 18.7. The minimum absolute atomic E-state index is 0.0381. The van der Waals surface area contributed by atoms with E-state index in [0.717, 1.165) is 12.8 Å². The minimum atomic E-state index is -3.50. The molecule has 0 aliphatic carbocycles. The largest absolute Gasteiger partial charge is 0.353 e. The highest BCUT2D eigenvalue weighted by molar-refractivity contribution is 7.88. The first kappa shape index (κ1) is 22.8. The second kappa shape index (κ2) is 10.4. The molecule has 0 saturated carbocycles. The van der Waals surface area contributed by atoms with Crippen LogP contribution in [0.3, 0.4) is 0 Å². The van der Waals surface area contributed by atoms with E-state index in [9.17, 15) is 13.2 Å². The first-order valence-electron chi connectivity index (χ1n) is 10.4. The van der Waals surface area contributed by atoms with Gasteiger partial charge in [0, 0.05) is 24.2 Å². The molecule has 0 aromatic heterocycles. The Hall–Kier alpha value is -1.89. The molecule has 2 aromatic rings. The van der Waals surface area contributed by atoms with Crippen LogP contribution in [0.2, 0.25) is 5.02 Å². The quantitative estimate of drug-likeness (QED) is 0.663. The number of carbonyl (C=O) groups excluding carboxylic acids is 1. The standard InChI is InChI=1S/C23H29ClN2O3S/c1-18(12-13-19-7-3-2-4-8-19)25-23(27)21-10-6-14-26(16-21)30(28,29)17-20-9-5-11-22(24)15-20/h2-5,7-9,11,15,18,21H,6,10,12-14,16-17H2,1H3,(H,25,27)/t18-,21+/m0/s1. The van der Waals surface area contributed by atoms with Gasteiger partial charge in [-0.2, -0.15) is 0 Å². The van der Waals surface area contributed by atoms with Crippen LogP contribution in [-0.2, 0) is 27.0 Å². The summed E-state index contributed by atoms with van der Waals surface area (Å²) in [5.74, 6) is -0.472. The van der Waals surface area contributed by atoms with E-state index in [1.165, 1.54) is 9.87 Å². The van der Waals surface area contributed by atoms with E-state index in [1.807, 2.05) is 25.1 Å². The molecule has 30 heavy (non-hydrogen) atoms. The van der Waals surface area contributed by atoms with Crippen LogP contribution in [0.5, 0.6) is 0 Å². The molecular formula is C23H29ClN2O3S. The number of rotatable bonds is 8. The lowest BCUT2D eigenvalue weighted by Crippen LogP contribution is -2.47. The lowest BCUT2D eigenvalue weighted by Gasteiger charge is -2.32. The SMILES string of the molecule is C[C@@H](CCc1ccccc1)NC(=O)[C@@H]1CCCN(S(=O)(=O)Cc2cccc(Cl)c2)C1. The lowest BCUT2D eigenvalue weighted by atomic mass is 9.98. The number of nitrogens with one attached hydrogen (secondary N) is 1. The Morgan fingerprint density at radius 3 is 2.63 bits per heavy atom. The Balaban J connectivity index is 1.53. The van der Waals surface area contributed by atoms with E-state index >= 15 is 0 Å². The Bertz CT molecular complexity index is 950. The summed E-state index contributed by atoms with van der Waals surface area (Å²) in [5, 5.41) is 3.59. The average Bonchev–Trinajstić information content (AvgIpc) is 2.73. The van der Waals surface area contributed by atoms with Gasteiger partial charge < -0.3 is 5.32 Å². The highest BCUT2D eigenvalue weighted by Crippen LogP contribution is 2.23. The second-order valence-electron chi connectivity index (χ2n) is 8.02. The molecule has 2 atom stereocenters. The molecule has 0 spiro atoms. The summed E-state index contributed by atoms with van der Waals surface area (Å²) in [6.07, 6.45) is 3.14. The van der Waals surface area contributed by atoms with Gasteiger partial charge >= 0.3 is 0 Å². The Kier molecular flexibility index (Phi) is 7.92. The predicted molar refractivity (Wildman–Crippen MR) is 121 cm³/mol. The van der Waals surface area contributed by atoms with Gasteiger partial charge in [-0.3, -0.25) is 4.79 Å². The molecular weight excluding hydrogens is 420 g/mol. The summed E-state index contributed by atoms with van der Waals surface area (Å²) in [6.45, 7) is 2.69. The third kappa shape index (κ3) is 6.56. The molecule has 5 nitrogen and oxygen atoms in total. The smallest absolute Gasteiger partial charge is 0.224 e. The first-order valence-corrected chi connectivity index (χ1v) is 12.4. The van der Waals surface area contributed by atoms with Gasteiger partial charge in [0.15, 0.2) is 0 Å². The number of carbonyl (C=O) groups is 1. The number of hydrogen-bond donors (Lipinski definition) is 1. The van der Waals surface area contributed by atoms with Crippen LogP contribution in [0.25, 0.3) is 0 Å². The van der Waals surface area contributed by atoms with Crippen LogP contribution in [0.1, 0.15) is 37.3 Å². The van der Waals surface area contributed by atoms with Gasteiger partial charge in [0.2, 0.25) is 15.9 Å². The van der Waals surface area contributed by atoms with E-state index in [1.54, 1.807) is 24.3 Å². The minimum Gasteiger partial charge on any atom is -0.353 e. The molecule has 0 bridgehead atoms. The van der Waals surface area contributed by atoms with Crippen LogP contribution in [0, 0.1) is 5.92 Å². The maximum Gasteiger partial charge on any atom is 0.224 e. The first-order chi connectivity index (χ1) is 14.3. The van der Waals surface area contributed by atoms with E-state index in [-0.39, 0.29) is 30.2 Å². The van der Waals surface area contributed by atoms with Gasteiger partial charge in [-0.05, 0) is 55.9 Å². The van der Waals surface area contributed by atoms with Crippen LogP contribution in [0.15, 0.2) is 54.6 Å². The van der Waals surface area contributed by atoms with Gasteiger partial charge in [-0.1, -0.05) is 54.1 Å².